The molecule has 0 N–H and O–H groups in total. The van der Waals surface area contributed by atoms with Crippen molar-refractivity contribution >= 4 is 9.84 Å². The average Bonchev–Trinajstić information content (AvgIpc) is 2.57. The summed E-state index contributed by atoms with van der Waals surface area (Å²) in [6, 6.07) is 8.44. The largest absolute Gasteiger partial charge is 0.494 e. The molecule has 150 valence electrons. The topological polar surface area (TPSA) is 43.4 Å². The molecule has 0 atom stereocenters. The molecule has 1 aromatic carbocycles. The summed E-state index contributed by atoms with van der Waals surface area (Å²) in [5.41, 5.74) is 1.34. The number of aryl methyl sites for hydroxylation is 1. The summed E-state index contributed by atoms with van der Waals surface area (Å²) in [7, 11) is -2.96. The van der Waals surface area contributed by atoms with Crippen molar-refractivity contribution in [1.29, 1.82) is 0 Å². The molecule has 0 aromatic heterocycles. The van der Waals surface area contributed by atoms with E-state index in [2.05, 4.69) is 25.1 Å². The molecule has 1 aromatic rings. The van der Waals surface area contributed by atoms with Gasteiger partial charge in [-0.1, -0.05) is 51.2 Å². The minimum absolute atomic E-state index is 0.321. The van der Waals surface area contributed by atoms with Gasteiger partial charge in [-0.15, -0.1) is 0 Å². The van der Waals surface area contributed by atoms with Crippen LogP contribution in [0.1, 0.15) is 84.6 Å². The SMILES string of the molecule is CCCCOc1cccc(CCCCCCCCS(=O)(=O)C(C)(C)C)c1. The van der Waals surface area contributed by atoms with Gasteiger partial charge in [-0.3, -0.25) is 0 Å². The van der Waals surface area contributed by atoms with Crippen molar-refractivity contribution in [2.24, 2.45) is 0 Å². The van der Waals surface area contributed by atoms with Crippen LogP contribution in [0.5, 0.6) is 5.75 Å². The highest BCUT2D eigenvalue weighted by Crippen LogP contribution is 2.19. The van der Waals surface area contributed by atoms with Crippen LogP contribution in [-0.2, 0) is 16.3 Å². The van der Waals surface area contributed by atoms with E-state index in [9.17, 15) is 8.42 Å². The maximum Gasteiger partial charge on any atom is 0.155 e. The van der Waals surface area contributed by atoms with Gasteiger partial charge in [-0.25, -0.2) is 8.42 Å². The summed E-state index contributed by atoms with van der Waals surface area (Å²) in [5, 5.41) is 0. The number of benzene rings is 1. The monoisotopic (exact) mass is 382 g/mol. The second-order valence-electron chi connectivity index (χ2n) is 8.15. The number of rotatable bonds is 13. The molecule has 0 bridgehead atoms. The third-order valence-electron chi connectivity index (χ3n) is 4.73. The highest BCUT2D eigenvalue weighted by molar-refractivity contribution is 7.92. The number of hydrogen-bond donors (Lipinski definition) is 0. The molecule has 0 heterocycles. The number of unbranched alkanes of at least 4 members (excludes halogenated alkanes) is 6. The molecule has 0 fully saturated rings. The standard InChI is InChI=1S/C22H38O3S/c1-5-6-17-25-21-16-13-15-20(19-21)14-11-9-7-8-10-12-18-26(23,24)22(2,3)4/h13,15-16,19H,5-12,14,17-18H2,1-4H3. The Morgan fingerprint density at radius 3 is 2.23 bits per heavy atom. The zero-order valence-electron chi connectivity index (χ0n) is 17.2. The fourth-order valence-corrected chi connectivity index (χ4v) is 3.96. The molecule has 0 spiro atoms. The van der Waals surface area contributed by atoms with Gasteiger partial charge in [-0.05, 0) is 64.2 Å². The first kappa shape index (κ1) is 23.0. The lowest BCUT2D eigenvalue weighted by Crippen LogP contribution is -2.30. The molecule has 0 unspecified atom stereocenters. The minimum atomic E-state index is -2.96. The fourth-order valence-electron chi connectivity index (χ4n) is 2.76. The van der Waals surface area contributed by atoms with E-state index in [1.807, 2.05) is 6.07 Å². The van der Waals surface area contributed by atoms with Gasteiger partial charge in [0.1, 0.15) is 5.75 Å². The third-order valence-corrected chi connectivity index (χ3v) is 7.42. The van der Waals surface area contributed by atoms with Crippen LogP contribution >= 0.6 is 0 Å². The van der Waals surface area contributed by atoms with E-state index in [4.69, 9.17) is 4.74 Å². The van der Waals surface area contributed by atoms with Crippen molar-refractivity contribution in [3.05, 3.63) is 29.8 Å². The van der Waals surface area contributed by atoms with Gasteiger partial charge in [0.2, 0.25) is 0 Å². The molecule has 0 aliphatic rings. The van der Waals surface area contributed by atoms with E-state index >= 15 is 0 Å². The van der Waals surface area contributed by atoms with Crippen LogP contribution in [-0.4, -0.2) is 25.5 Å². The second-order valence-corrected chi connectivity index (χ2v) is 11.0. The van der Waals surface area contributed by atoms with Crippen LogP contribution in [0.2, 0.25) is 0 Å². The van der Waals surface area contributed by atoms with Crippen molar-refractivity contribution in [1.82, 2.24) is 0 Å². The second kappa shape index (κ2) is 11.6. The summed E-state index contributed by atoms with van der Waals surface area (Å²) in [6.45, 7) is 8.32. The maximum atomic E-state index is 12.0. The molecule has 0 saturated heterocycles. The van der Waals surface area contributed by atoms with E-state index in [0.717, 1.165) is 50.9 Å². The predicted octanol–water partition coefficient (Wildman–Crippen LogP) is 5.96. The zero-order chi connectivity index (χ0) is 19.5. The van der Waals surface area contributed by atoms with Crippen LogP contribution in [0.4, 0.5) is 0 Å². The Morgan fingerprint density at radius 2 is 1.58 bits per heavy atom. The van der Waals surface area contributed by atoms with Crippen molar-refractivity contribution in [2.45, 2.75) is 90.2 Å². The Morgan fingerprint density at radius 1 is 0.923 bits per heavy atom. The van der Waals surface area contributed by atoms with Crippen LogP contribution in [0.3, 0.4) is 0 Å². The van der Waals surface area contributed by atoms with E-state index in [0.29, 0.717) is 5.75 Å². The molecule has 0 saturated carbocycles. The van der Waals surface area contributed by atoms with E-state index in [1.165, 1.54) is 24.8 Å². The minimum Gasteiger partial charge on any atom is -0.494 e. The molecule has 0 amide bonds. The van der Waals surface area contributed by atoms with E-state index in [-0.39, 0.29) is 0 Å². The van der Waals surface area contributed by atoms with Gasteiger partial charge >= 0.3 is 0 Å². The number of sulfone groups is 1. The van der Waals surface area contributed by atoms with E-state index in [1.54, 1.807) is 20.8 Å². The fraction of sp³-hybridized carbons (Fsp3) is 0.727. The molecule has 1 rings (SSSR count). The Labute approximate surface area is 161 Å². The summed E-state index contributed by atoms with van der Waals surface area (Å²) in [4.78, 5) is 0. The first-order valence-electron chi connectivity index (χ1n) is 10.2. The van der Waals surface area contributed by atoms with Crippen molar-refractivity contribution in [3.63, 3.8) is 0 Å². The van der Waals surface area contributed by atoms with E-state index < -0.39 is 14.6 Å². The summed E-state index contributed by atoms with van der Waals surface area (Å²) >= 11 is 0. The first-order chi connectivity index (χ1) is 12.3. The van der Waals surface area contributed by atoms with Crippen LogP contribution in [0.25, 0.3) is 0 Å². The molecule has 0 aliphatic heterocycles. The third kappa shape index (κ3) is 9.07. The molecule has 0 aliphatic carbocycles. The number of ether oxygens (including phenoxy) is 1. The van der Waals surface area contributed by atoms with Crippen LogP contribution in [0.15, 0.2) is 24.3 Å². The van der Waals surface area contributed by atoms with Crippen LogP contribution in [0, 0.1) is 0 Å². The molecule has 26 heavy (non-hydrogen) atoms. The predicted molar refractivity (Wildman–Crippen MR) is 112 cm³/mol. The Bertz CT molecular complexity index is 600. The maximum absolute atomic E-state index is 12.0. The molecular weight excluding hydrogens is 344 g/mol. The highest BCUT2D eigenvalue weighted by atomic mass is 32.2. The quantitative estimate of drug-likeness (QED) is 0.395. The molecule has 4 heteroatoms. The van der Waals surface area contributed by atoms with Gasteiger partial charge < -0.3 is 4.74 Å². The summed E-state index contributed by atoms with van der Waals surface area (Å²) in [6.07, 6.45) is 9.83. The first-order valence-corrected chi connectivity index (χ1v) is 11.9. The van der Waals surface area contributed by atoms with Gasteiger partial charge in [0.15, 0.2) is 9.84 Å². The van der Waals surface area contributed by atoms with Crippen molar-refractivity contribution in [3.8, 4) is 5.75 Å². The molecular formula is C22H38O3S. The summed E-state index contributed by atoms with van der Waals surface area (Å²) in [5.74, 6) is 1.30. The lowest BCUT2D eigenvalue weighted by Gasteiger charge is -2.18. The van der Waals surface area contributed by atoms with Gasteiger partial charge in [0.05, 0.1) is 17.1 Å². The van der Waals surface area contributed by atoms with Gasteiger partial charge in [0, 0.05) is 0 Å². The lowest BCUT2D eigenvalue weighted by atomic mass is 10.0. The highest BCUT2D eigenvalue weighted by Gasteiger charge is 2.27. The Kier molecular flexibility index (Phi) is 10.3. The van der Waals surface area contributed by atoms with Gasteiger partial charge in [-0.2, -0.15) is 0 Å². The van der Waals surface area contributed by atoms with Crippen molar-refractivity contribution < 1.29 is 13.2 Å². The lowest BCUT2D eigenvalue weighted by molar-refractivity contribution is 0.309. The molecule has 3 nitrogen and oxygen atoms in total. The van der Waals surface area contributed by atoms with Crippen molar-refractivity contribution in [2.75, 3.05) is 12.4 Å². The van der Waals surface area contributed by atoms with Gasteiger partial charge in [0.25, 0.3) is 0 Å². The Hall–Kier alpha value is -1.03. The Balaban J connectivity index is 2.13. The molecule has 0 radical (unpaired) electrons. The smallest absolute Gasteiger partial charge is 0.155 e. The number of hydrogen-bond acceptors (Lipinski definition) is 3. The average molecular weight is 383 g/mol. The zero-order valence-corrected chi connectivity index (χ0v) is 18.0. The summed E-state index contributed by atoms with van der Waals surface area (Å²) < 4.78 is 29.2. The van der Waals surface area contributed by atoms with Crippen LogP contribution < -0.4 is 4.74 Å². The normalized spacial score (nSPS) is 12.3.